The Morgan fingerprint density at radius 3 is 2.83 bits per heavy atom. The number of rotatable bonds is 5. The molecular formula is C12H15F2N3S. The van der Waals surface area contributed by atoms with Crippen LogP contribution >= 0.6 is 11.8 Å². The Morgan fingerprint density at radius 1 is 1.33 bits per heavy atom. The molecule has 0 fully saturated rings. The maximum atomic E-state index is 13.5. The quantitative estimate of drug-likeness (QED) is 0.850. The molecule has 0 radical (unpaired) electrons. The van der Waals surface area contributed by atoms with Crippen molar-refractivity contribution in [2.75, 3.05) is 17.7 Å². The van der Waals surface area contributed by atoms with Gasteiger partial charge in [-0.15, -0.1) is 0 Å². The van der Waals surface area contributed by atoms with Crippen LogP contribution in [0.3, 0.4) is 0 Å². The first-order valence-electron chi connectivity index (χ1n) is 5.73. The number of fused-ring (bicyclic) bond motifs is 1. The maximum absolute atomic E-state index is 13.5. The van der Waals surface area contributed by atoms with Crippen molar-refractivity contribution in [3.63, 3.8) is 0 Å². The lowest BCUT2D eigenvalue weighted by atomic mass is 10.3. The summed E-state index contributed by atoms with van der Waals surface area (Å²) in [7, 11) is 0. The third-order valence-corrected chi connectivity index (χ3v) is 3.48. The molecule has 0 atom stereocenters. The lowest BCUT2D eigenvalue weighted by Gasteiger charge is -2.06. The van der Waals surface area contributed by atoms with Crippen LogP contribution in [0.4, 0.5) is 14.7 Å². The highest BCUT2D eigenvalue weighted by atomic mass is 32.2. The number of imidazole rings is 1. The SMILES string of the molecule is CSCCCCn1c(N)nc2c(F)cc(F)cc21. The molecule has 0 spiro atoms. The number of thioether (sulfide) groups is 1. The van der Waals surface area contributed by atoms with Crippen molar-refractivity contribution < 1.29 is 8.78 Å². The molecule has 0 aliphatic rings. The molecule has 0 aliphatic carbocycles. The summed E-state index contributed by atoms with van der Waals surface area (Å²) in [4.78, 5) is 3.95. The lowest BCUT2D eigenvalue weighted by Crippen LogP contribution is -2.03. The molecule has 1 aromatic carbocycles. The summed E-state index contributed by atoms with van der Waals surface area (Å²) < 4.78 is 28.4. The second kappa shape index (κ2) is 5.56. The molecule has 0 saturated carbocycles. The van der Waals surface area contributed by atoms with Gasteiger partial charge in [0.25, 0.3) is 0 Å². The Balaban J connectivity index is 2.29. The van der Waals surface area contributed by atoms with E-state index in [1.807, 2.05) is 6.26 Å². The molecule has 0 saturated heterocycles. The van der Waals surface area contributed by atoms with E-state index in [1.54, 1.807) is 16.3 Å². The van der Waals surface area contributed by atoms with E-state index in [-0.39, 0.29) is 11.5 Å². The Hall–Kier alpha value is -1.30. The molecule has 1 heterocycles. The van der Waals surface area contributed by atoms with E-state index in [0.717, 1.165) is 24.7 Å². The number of nitrogens with two attached hydrogens (primary N) is 1. The van der Waals surface area contributed by atoms with Crippen molar-refractivity contribution in [2.45, 2.75) is 19.4 Å². The number of anilines is 1. The smallest absolute Gasteiger partial charge is 0.201 e. The summed E-state index contributed by atoms with van der Waals surface area (Å²) in [6.45, 7) is 0.631. The molecule has 18 heavy (non-hydrogen) atoms. The molecule has 6 heteroatoms. The van der Waals surface area contributed by atoms with Gasteiger partial charge in [-0.1, -0.05) is 0 Å². The van der Waals surface area contributed by atoms with Crippen molar-refractivity contribution in [3.8, 4) is 0 Å². The van der Waals surface area contributed by atoms with Gasteiger partial charge in [0.15, 0.2) is 5.82 Å². The molecule has 0 aliphatic heterocycles. The fourth-order valence-electron chi connectivity index (χ4n) is 1.92. The second-order valence-corrected chi connectivity index (χ2v) is 5.06. The molecule has 2 aromatic rings. The average Bonchev–Trinajstić information content (AvgIpc) is 2.62. The zero-order valence-electron chi connectivity index (χ0n) is 10.1. The predicted octanol–water partition coefficient (Wildman–Crippen LogP) is 3.04. The van der Waals surface area contributed by atoms with Crippen molar-refractivity contribution in [1.29, 1.82) is 0 Å². The van der Waals surface area contributed by atoms with Crippen LogP contribution in [-0.2, 0) is 6.54 Å². The molecule has 0 unspecified atom stereocenters. The first kappa shape index (κ1) is 13.1. The van der Waals surface area contributed by atoms with Gasteiger partial charge in [0.1, 0.15) is 11.3 Å². The average molecular weight is 271 g/mol. The van der Waals surface area contributed by atoms with Crippen LogP contribution in [0.2, 0.25) is 0 Å². The summed E-state index contributed by atoms with van der Waals surface area (Å²) in [5.41, 5.74) is 6.31. The minimum absolute atomic E-state index is 0.138. The normalized spacial score (nSPS) is 11.3. The summed E-state index contributed by atoms with van der Waals surface area (Å²) in [6.07, 6.45) is 4.00. The van der Waals surface area contributed by atoms with E-state index in [1.165, 1.54) is 6.07 Å². The monoisotopic (exact) mass is 271 g/mol. The molecule has 3 nitrogen and oxygen atoms in total. The van der Waals surface area contributed by atoms with Gasteiger partial charge in [-0.2, -0.15) is 11.8 Å². The van der Waals surface area contributed by atoms with Crippen molar-refractivity contribution in [2.24, 2.45) is 0 Å². The fourth-order valence-corrected chi connectivity index (χ4v) is 2.41. The van der Waals surface area contributed by atoms with E-state index in [2.05, 4.69) is 4.98 Å². The Kier molecular flexibility index (Phi) is 4.06. The third kappa shape index (κ3) is 2.58. The van der Waals surface area contributed by atoms with Gasteiger partial charge in [-0.05, 0) is 24.9 Å². The zero-order chi connectivity index (χ0) is 13.1. The minimum Gasteiger partial charge on any atom is -0.369 e. The topological polar surface area (TPSA) is 43.8 Å². The Morgan fingerprint density at radius 2 is 2.11 bits per heavy atom. The Bertz CT molecular complexity index is 554. The Labute approximate surface area is 108 Å². The second-order valence-electron chi connectivity index (χ2n) is 4.08. The number of benzene rings is 1. The highest BCUT2D eigenvalue weighted by Crippen LogP contribution is 2.22. The fraction of sp³-hybridized carbons (Fsp3) is 0.417. The zero-order valence-corrected chi connectivity index (χ0v) is 10.9. The standard InChI is InChI=1S/C12H15F2N3S/c1-18-5-3-2-4-17-10-7-8(13)6-9(14)11(10)16-12(17)15/h6-7H,2-5H2,1H3,(H2,15,16). The van der Waals surface area contributed by atoms with Gasteiger partial charge < -0.3 is 10.3 Å². The highest BCUT2D eigenvalue weighted by Gasteiger charge is 2.13. The number of hydrogen-bond donors (Lipinski definition) is 1. The van der Waals surface area contributed by atoms with E-state index in [9.17, 15) is 8.78 Å². The maximum Gasteiger partial charge on any atom is 0.201 e. The van der Waals surface area contributed by atoms with Crippen molar-refractivity contribution in [3.05, 3.63) is 23.8 Å². The molecule has 1 aromatic heterocycles. The van der Waals surface area contributed by atoms with Crippen LogP contribution in [0.1, 0.15) is 12.8 Å². The molecule has 0 bridgehead atoms. The lowest BCUT2D eigenvalue weighted by molar-refractivity contribution is 0.589. The van der Waals surface area contributed by atoms with Gasteiger partial charge in [-0.3, -0.25) is 0 Å². The van der Waals surface area contributed by atoms with Crippen LogP contribution in [0.25, 0.3) is 11.0 Å². The van der Waals surface area contributed by atoms with Crippen LogP contribution in [-0.4, -0.2) is 21.6 Å². The van der Waals surface area contributed by atoms with Crippen LogP contribution < -0.4 is 5.73 Å². The first-order chi connectivity index (χ1) is 8.63. The molecule has 98 valence electrons. The summed E-state index contributed by atoms with van der Waals surface area (Å²) in [5.74, 6) is 0.0263. The largest absolute Gasteiger partial charge is 0.369 e. The van der Waals surface area contributed by atoms with Crippen LogP contribution in [0, 0.1) is 11.6 Å². The number of aromatic nitrogens is 2. The van der Waals surface area contributed by atoms with Gasteiger partial charge in [0, 0.05) is 18.7 Å². The summed E-state index contributed by atoms with van der Waals surface area (Å²) in [5, 5.41) is 0. The molecule has 2 N–H and O–H groups in total. The highest BCUT2D eigenvalue weighted by molar-refractivity contribution is 7.98. The number of nitrogens with zero attached hydrogens (tertiary/aromatic N) is 2. The number of unbranched alkanes of at least 4 members (excludes halogenated alkanes) is 1. The van der Waals surface area contributed by atoms with Crippen molar-refractivity contribution in [1.82, 2.24) is 9.55 Å². The molecule has 2 rings (SSSR count). The van der Waals surface area contributed by atoms with Gasteiger partial charge in [0.2, 0.25) is 5.95 Å². The number of halogens is 2. The number of nitrogen functional groups attached to an aromatic ring is 1. The predicted molar refractivity (Wildman–Crippen MR) is 71.7 cm³/mol. The van der Waals surface area contributed by atoms with E-state index < -0.39 is 11.6 Å². The van der Waals surface area contributed by atoms with Gasteiger partial charge in [0.05, 0.1) is 5.52 Å². The van der Waals surface area contributed by atoms with E-state index in [4.69, 9.17) is 5.73 Å². The molecule has 0 amide bonds. The van der Waals surface area contributed by atoms with Gasteiger partial charge in [-0.25, -0.2) is 13.8 Å². The molecular weight excluding hydrogens is 256 g/mol. The summed E-state index contributed by atoms with van der Waals surface area (Å²) >= 11 is 1.78. The third-order valence-electron chi connectivity index (χ3n) is 2.78. The first-order valence-corrected chi connectivity index (χ1v) is 7.12. The van der Waals surface area contributed by atoms with Gasteiger partial charge >= 0.3 is 0 Å². The summed E-state index contributed by atoms with van der Waals surface area (Å²) in [6, 6.07) is 2.10. The van der Waals surface area contributed by atoms with Crippen LogP contribution in [0.5, 0.6) is 0 Å². The minimum atomic E-state index is -0.667. The number of hydrogen-bond acceptors (Lipinski definition) is 3. The van der Waals surface area contributed by atoms with Crippen molar-refractivity contribution >= 4 is 28.7 Å². The van der Waals surface area contributed by atoms with Crippen LogP contribution in [0.15, 0.2) is 12.1 Å². The van der Waals surface area contributed by atoms with E-state index >= 15 is 0 Å². The van der Waals surface area contributed by atoms with E-state index in [0.29, 0.717) is 12.1 Å². The number of aryl methyl sites for hydroxylation is 1.